The van der Waals surface area contributed by atoms with Crippen molar-refractivity contribution in [2.45, 2.75) is 33.4 Å². The lowest BCUT2D eigenvalue weighted by atomic mass is 9.94. The van der Waals surface area contributed by atoms with Crippen LogP contribution in [0, 0.1) is 10.1 Å². The molecule has 0 saturated heterocycles. The molecule has 1 amide bonds. The van der Waals surface area contributed by atoms with E-state index in [4.69, 9.17) is 14.2 Å². The summed E-state index contributed by atoms with van der Waals surface area (Å²) in [6.07, 6.45) is 1.45. The third kappa shape index (κ3) is 6.16. The van der Waals surface area contributed by atoms with Crippen LogP contribution in [0.1, 0.15) is 43.5 Å². The summed E-state index contributed by atoms with van der Waals surface area (Å²) in [6.45, 7) is 6.67. The number of allylic oxidation sites excluding steroid dienone is 1. The number of hydrogen-bond acceptors (Lipinski definition) is 9. The fraction of sp³-hybridized carbons (Fsp3) is 0.265. The molecule has 1 aliphatic rings. The average Bonchev–Trinajstić information content (AvgIpc) is 3.37. The first kappa shape index (κ1) is 32.2. The number of nitro groups is 1. The first-order valence-corrected chi connectivity index (χ1v) is 15.5. The van der Waals surface area contributed by atoms with E-state index in [2.05, 4.69) is 4.99 Å². The van der Waals surface area contributed by atoms with Crippen molar-refractivity contribution in [3.05, 3.63) is 124 Å². The number of methoxy groups -OCH3 is 2. The molecule has 0 bridgehead atoms. The zero-order valence-corrected chi connectivity index (χ0v) is 27.0. The minimum Gasteiger partial charge on any atom is -0.496 e. The third-order valence-corrected chi connectivity index (χ3v) is 8.75. The molecular weight excluding hydrogens is 608 g/mol. The van der Waals surface area contributed by atoms with E-state index in [0.29, 0.717) is 40.5 Å². The van der Waals surface area contributed by atoms with E-state index in [1.54, 1.807) is 17.9 Å². The summed E-state index contributed by atoms with van der Waals surface area (Å²) in [7, 11) is 2.98. The molecule has 12 heteroatoms. The van der Waals surface area contributed by atoms with Gasteiger partial charge in [0.2, 0.25) is 0 Å². The van der Waals surface area contributed by atoms with Crippen molar-refractivity contribution in [3.8, 4) is 17.2 Å². The summed E-state index contributed by atoms with van der Waals surface area (Å²) in [5, 5.41) is 12.2. The summed E-state index contributed by atoms with van der Waals surface area (Å²) in [5.41, 5.74) is 1.79. The minimum atomic E-state index is -0.832. The minimum absolute atomic E-state index is 0.156. The first-order valence-electron chi connectivity index (χ1n) is 14.7. The standard InChI is InChI=1S/C34H34N4O7S/c1-6-36(7-2)33(40)30-21(3)35-34-37(31(30)24-15-11-12-16-26(24)43-4)32(39)29(46-34)18-23-17-27(44-5)28(19-25(23)38(41)42)45-20-22-13-9-8-10-14-22/h8-19,31H,6-7,20H2,1-5H3/b29-18+/t31-/m0/s1. The topological polar surface area (TPSA) is 126 Å². The van der Waals surface area contributed by atoms with Gasteiger partial charge in [-0.25, -0.2) is 4.99 Å². The van der Waals surface area contributed by atoms with Crippen LogP contribution in [-0.4, -0.2) is 47.6 Å². The number of para-hydroxylation sites is 1. The maximum Gasteiger partial charge on any atom is 0.280 e. The van der Waals surface area contributed by atoms with Gasteiger partial charge < -0.3 is 19.1 Å². The Bertz CT molecular complexity index is 2000. The van der Waals surface area contributed by atoms with Crippen LogP contribution in [0.15, 0.2) is 87.8 Å². The highest BCUT2D eigenvalue weighted by Crippen LogP contribution is 2.37. The molecule has 1 aliphatic heterocycles. The number of benzene rings is 3. The smallest absolute Gasteiger partial charge is 0.280 e. The van der Waals surface area contributed by atoms with Gasteiger partial charge in [0.15, 0.2) is 16.3 Å². The summed E-state index contributed by atoms with van der Waals surface area (Å²) < 4.78 is 18.8. The van der Waals surface area contributed by atoms with Crippen LogP contribution in [-0.2, 0) is 11.4 Å². The Morgan fingerprint density at radius 2 is 1.70 bits per heavy atom. The Balaban J connectivity index is 1.68. The van der Waals surface area contributed by atoms with Crippen LogP contribution in [0.4, 0.5) is 5.69 Å². The molecule has 238 valence electrons. The Kier molecular flexibility index (Phi) is 9.67. The molecule has 0 aliphatic carbocycles. The van der Waals surface area contributed by atoms with Crippen LogP contribution in [0.25, 0.3) is 6.08 Å². The SMILES string of the molecule is CCN(CC)C(=O)C1=C(C)N=c2s/c(=C/c3cc(OC)c(OCc4ccccc4)cc3[N+](=O)[O-])c(=O)n2[C@H]1c1ccccc1OC. The number of carbonyl (C=O) groups is 1. The molecule has 0 N–H and O–H groups in total. The maximum atomic E-state index is 14.2. The highest BCUT2D eigenvalue weighted by Gasteiger charge is 2.35. The lowest BCUT2D eigenvalue weighted by molar-refractivity contribution is -0.385. The lowest BCUT2D eigenvalue weighted by Gasteiger charge is -2.29. The Labute approximate surface area is 269 Å². The van der Waals surface area contributed by atoms with Gasteiger partial charge in [0, 0.05) is 18.7 Å². The molecule has 0 unspecified atom stereocenters. The van der Waals surface area contributed by atoms with Gasteiger partial charge in [-0.15, -0.1) is 0 Å². The van der Waals surface area contributed by atoms with Crippen molar-refractivity contribution in [2.75, 3.05) is 27.3 Å². The molecule has 0 saturated carbocycles. The number of fused-ring (bicyclic) bond motifs is 1. The fourth-order valence-corrected chi connectivity index (χ4v) is 6.49. The summed E-state index contributed by atoms with van der Waals surface area (Å²) >= 11 is 1.09. The predicted molar refractivity (Wildman–Crippen MR) is 175 cm³/mol. The normalized spacial score (nSPS) is 14.4. The highest BCUT2D eigenvalue weighted by molar-refractivity contribution is 7.07. The number of aromatic nitrogens is 1. The van der Waals surface area contributed by atoms with E-state index < -0.39 is 16.5 Å². The van der Waals surface area contributed by atoms with Gasteiger partial charge in [-0.05, 0) is 44.5 Å². The zero-order chi connectivity index (χ0) is 33.0. The molecular formula is C34H34N4O7S. The number of hydrogen-bond donors (Lipinski definition) is 0. The Hall–Kier alpha value is -5.23. The van der Waals surface area contributed by atoms with Crippen molar-refractivity contribution in [1.29, 1.82) is 0 Å². The van der Waals surface area contributed by atoms with Crippen molar-refractivity contribution < 1.29 is 23.9 Å². The van der Waals surface area contributed by atoms with Crippen LogP contribution in [0.5, 0.6) is 17.2 Å². The zero-order valence-electron chi connectivity index (χ0n) is 26.2. The van der Waals surface area contributed by atoms with Gasteiger partial charge in [-0.3, -0.25) is 24.3 Å². The van der Waals surface area contributed by atoms with Crippen molar-refractivity contribution in [3.63, 3.8) is 0 Å². The van der Waals surface area contributed by atoms with Crippen LogP contribution in [0.3, 0.4) is 0 Å². The van der Waals surface area contributed by atoms with Crippen molar-refractivity contribution >= 4 is 29.0 Å². The molecule has 1 aromatic heterocycles. The largest absolute Gasteiger partial charge is 0.496 e. The van der Waals surface area contributed by atoms with Gasteiger partial charge in [-0.1, -0.05) is 59.9 Å². The monoisotopic (exact) mass is 642 g/mol. The molecule has 5 rings (SSSR count). The molecule has 11 nitrogen and oxygen atoms in total. The number of nitrogens with zero attached hydrogens (tertiary/aromatic N) is 4. The average molecular weight is 643 g/mol. The lowest BCUT2D eigenvalue weighted by Crippen LogP contribution is -2.43. The summed E-state index contributed by atoms with van der Waals surface area (Å²) in [6, 6.07) is 18.6. The Morgan fingerprint density at radius 1 is 1.02 bits per heavy atom. The van der Waals surface area contributed by atoms with E-state index in [0.717, 1.165) is 16.9 Å². The predicted octanol–water partition coefficient (Wildman–Crippen LogP) is 4.61. The Morgan fingerprint density at radius 3 is 2.35 bits per heavy atom. The number of rotatable bonds is 11. The van der Waals surface area contributed by atoms with Gasteiger partial charge in [0.05, 0.1) is 46.6 Å². The second-order valence-electron chi connectivity index (χ2n) is 10.4. The van der Waals surface area contributed by atoms with Gasteiger partial charge in [-0.2, -0.15) is 0 Å². The molecule has 0 spiro atoms. The summed E-state index contributed by atoms with van der Waals surface area (Å²) in [4.78, 5) is 46.5. The fourth-order valence-electron chi connectivity index (χ4n) is 5.45. The molecule has 46 heavy (non-hydrogen) atoms. The maximum absolute atomic E-state index is 14.2. The molecule has 1 atom stereocenters. The van der Waals surface area contributed by atoms with Gasteiger partial charge >= 0.3 is 0 Å². The second-order valence-corrected chi connectivity index (χ2v) is 11.4. The van der Waals surface area contributed by atoms with Crippen LogP contribution < -0.4 is 29.1 Å². The van der Waals surface area contributed by atoms with Gasteiger partial charge in [0.1, 0.15) is 18.4 Å². The van der Waals surface area contributed by atoms with E-state index in [1.165, 1.54) is 37.0 Å². The third-order valence-electron chi connectivity index (χ3n) is 7.77. The van der Waals surface area contributed by atoms with E-state index in [-0.39, 0.29) is 39.8 Å². The number of likely N-dealkylation sites (N-methyl/N-ethyl adjacent to an activating group) is 1. The van der Waals surface area contributed by atoms with E-state index >= 15 is 0 Å². The number of carbonyl (C=O) groups excluding carboxylic acids is 1. The summed E-state index contributed by atoms with van der Waals surface area (Å²) in [5.74, 6) is 0.745. The van der Waals surface area contributed by atoms with E-state index in [1.807, 2.05) is 62.4 Å². The van der Waals surface area contributed by atoms with Crippen molar-refractivity contribution in [1.82, 2.24) is 9.47 Å². The molecule has 4 aromatic rings. The number of thiazole rings is 1. The number of ether oxygens (including phenoxy) is 3. The van der Waals surface area contributed by atoms with Crippen LogP contribution >= 0.6 is 11.3 Å². The van der Waals surface area contributed by atoms with Gasteiger partial charge in [0.25, 0.3) is 17.2 Å². The van der Waals surface area contributed by atoms with Crippen molar-refractivity contribution in [2.24, 2.45) is 4.99 Å². The highest BCUT2D eigenvalue weighted by atomic mass is 32.1. The molecule has 0 radical (unpaired) electrons. The van der Waals surface area contributed by atoms with E-state index in [9.17, 15) is 19.7 Å². The molecule has 2 heterocycles. The first-order chi connectivity index (χ1) is 22.2. The second kappa shape index (κ2) is 13.8. The quantitative estimate of drug-likeness (QED) is 0.173. The van der Waals surface area contributed by atoms with Crippen LogP contribution in [0.2, 0.25) is 0 Å². The molecule has 3 aromatic carbocycles. The number of amides is 1. The molecule has 0 fully saturated rings. The number of nitro benzene ring substituents is 1.